The van der Waals surface area contributed by atoms with Gasteiger partial charge in [0.25, 0.3) is 11.5 Å². The summed E-state index contributed by atoms with van der Waals surface area (Å²) in [6.45, 7) is 1.88. The van der Waals surface area contributed by atoms with Gasteiger partial charge in [0.05, 0.1) is 7.11 Å². The van der Waals surface area contributed by atoms with Gasteiger partial charge in [0.15, 0.2) is 12.4 Å². The van der Waals surface area contributed by atoms with Crippen molar-refractivity contribution < 1.29 is 18.9 Å². The molecule has 0 bridgehead atoms. The number of nitrogens with one attached hydrogen (secondary N) is 1. The lowest BCUT2D eigenvalue weighted by molar-refractivity contribution is -0.577. The Morgan fingerprint density at radius 3 is 2.48 bits per heavy atom. The van der Waals surface area contributed by atoms with Crippen LogP contribution in [0.3, 0.4) is 0 Å². The van der Waals surface area contributed by atoms with E-state index in [2.05, 4.69) is 4.74 Å². The number of carbonyl (C=O) groups excluding carboxylic acids is 2. The summed E-state index contributed by atoms with van der Waals surface area (Å²) in [7, 11) is 1.20. The first-order valence-corrected chi connectivity index (χ1v) is 7.72. The van der Waals surface area contributed by atoms with Gasteiger partial charge in [-0.1, -0.05) is 11.6 Å². The van der Waals surface area contributed by atoms with Crippen molar-refractivity contribution in [2.24, 2.45) is 0 Å². The summed E-state index contributed by atoms with van der Waals surface area (Å²) < 4.78 is 6.21. The van der Waals surface area contributed by atoms with Crippen LogP contribution < -0.4 is 4.57 Å². The normalized spacial score (nSPS) is 10.8. The van der Waals surface area contributed by atoms with Gasteiger partial charge < -0.3 is 4.74 Å². The first kappa shape index (κ1) is 18.3. The second-order valence-electron chi connectivity index (χ2n) is 5.18. The van der Waals surface area contributed by atoms with Crippen molar-refractivity contribution in [1.29, 1.82) is 5.41 Å². The number of aryl methyl sites for hydroxylation is 1. The second kappa shape index (κ2) is 8.20. The molecule has 0 saturated carbocycles. The molecule has 5 nitrogen and oxygen atoms in total. The molecule has 25 heavy (non-hydrogen) atoms. The Balaban J connectivity index is 2.60. The van der Waals surface area contributed by atoms with Crippen LogP contribution in [0.1, 0.15) is 15.9 Å². The number of hydrogen-bond donors (Lipinski definition) is 1. The van der Waals surface area contributed by atoms with Crippen LogP contribution in [0.2, 0.25) is 5.02 Å². The molecule has 6 heteroatoms. The standard InChI is InChI=1S/C19H16ClN2O3/c1-13-4-3-9-22(12-13)17(10-15(11-21)19(24)25-2)18(23)14-5-7-16(20)8-6-14/h3-10,12,21H,1-2H3/q+1/b17-10+. The highest BCUT2D eigenvalue weighted by Gasteiger charge is 2.24. The number of carbonyl (C=O) groups is 2. The molecule has 0 unspecified atom stereocenters. The number of esters is 1. The fourth-order valence-corrected chi connectivity index (χ4v) is 2.27. The third kappa shape index (κ3) is 4.51. The lowest BCUT2D eigenvalue weighted by Crippen LogP contribution is -2.36. The van der Waals surface area contributed by atoms with Crippen LogP contribution in [0.5, 0.6) is 0 Å². The largest absolute Gasteiger partial charge is 0.465 e. The number of hydrogen-bond acceptors (Lipinski definition) is 4. The summed E-state index contributed by atoms with van der Waals surface area (Å²) in [6.07, 6.45) is 4.72. The van der Waals surface area contributed by atoms with E-state index in [9.17, 15) is 9.59 Å². The molecule has 0 spiro atoms. The third-order valence-corrected chi connectivity index (χ3v) is 3.64. The molecule has 0 aliphatic rings. The Morgan fingerprint density at radius 2 is 1.92 bits per heavy atom. The Hall–Kier alpha value is -3.01. The van der Waals surface area contributed by atoms with Crippen LogP contribution >= 0.6 is 11.6 Å². The van der Waals surface area contributed by atoms with E-state index in [0.29, 0.717) is 10.6 Å². The topological polar surface area (TPSA) is 71.1 Å². The Kier molecular flexibility index (Phi) is 6.01. The van der Waals surface area contributed by atoms with E-state index in [1.54, 1.807) is 47.3 Å². The molecule has 1 aromatic carbocycles. The number of pyridine rings is 1. The zero-order valence-corrected chi connectivity index (χ0v) is 14.5. The molecule has 0 saturated heterocycles. The fraction of sp³-hybridized carbons (Fsp3) is 0.105. The zero-order chi connectivity index (χ0) is 18.4. The van der Waals surface area contributed by atoms with Crippen LogP contribution in [-0.2, 0) is 9.53 Å². The number of benzene rings is 1. The van der Waals surface area contributed by atoms with Gasteiger partial charge >= 0.3 is 5.97 Å². The highest BCUT2D eigenvalue weighted by molar-refractivity contribution is 6.31. The number of ether oxygens (including phenoxy) is 1. The number of halogens is 1. The number of Topliss-reactive ketones (excluding diaryl/α,β-unsaturated/α-hetero) is 1. The van der Waals surface area contributed by atoms with Crippen molar-refractivity contribution in [2.45, 2.75) is 6.92 Å². The minimum atomic E-state index is -0.746. The molecule has 0 atom stereocenters. The first-order chi connectivity index (χ1) is 12.0. The molecule has 1 aromatic heterocycles. The molecular weight excluding hydrogens is 340 g/mol. The predicted octanol–water partition coefficient (Wildman–Crippen LogP) is 3.01. The van der Waals surface area contributed by atoms with E-state index in [4.69, 9.17) is 17.0 Å². The minimum Gasteiger partial charge on any atom is -0.465 e. The highest BCUT2D eigenvalue weighted by atomic mass is 35.5. The summed E-state index contributed by atoms with van der Waals surface area (Å²) in [6, 6.07) is 10.1. The van der Waals surface area contributed by atoms with Gasteiger partial charge in [0, 0.05) is 28.3 Å². The lowest BCUT2D eigenvalue weighted by atomic mass is 10.1. The number of ketones is 1. The maximum absolute atomic E-state index is 12.9. The summed E-state index contributed by atoms with van der Waals surface area (Å²) >= 11 is 5.87. The van der Waals surface area contributed by atoms with E-state index < -0.39 is 5.97 Å². The molecule has 0 aliphatic heterocycles. The maximum atomic E-state index is 12.9. The summed E-state index contributed by atoms with van der Waals surface area (Å²) in [4.78, 5) is 24.7. The number of aromatic nitrogens is 1. The van der Waals surface area contributed by atoms with E-state index in [-0.39, 0.29) is 17.1 Å². The van der Waals surface area contributed by atoms with E-state index >= 15 is 0 Å². The van der Waals surface area contributed by atoms with Crippen molar-refractivity contribution in [3.05, 3.63) is 76.6 Å². The van der Waals surface area contributed by atoms with Crippen molar-refractivity contribution >= 4 is 34.9 Å². The molecule has 1 N–H and O–H groups in total. The highest BCUT2D eigenvalue weighted by Crippen LogP contribution is 2.15. The quantitative estimate of drug-likeness (QED) is 0.224. The van der Waals surface area contributed by atoms with Crippen molar-refractivity contribution in [3.63, 3.8) is 0 Å². The van der Waals surface area contributed by atoms with E-state index in [1.807, 2.05) is 18.9 Å². The van der Waals surface area contributed by atoms with Crippen LogP contribution in [-0.4, -0.2) is 24.7 Å². The number of methoxy groups -OCH3 is 1. The number of rotatable bonds is 5. The Labute approximate surface area is 150 Å². The molecule has 0 fully saturated rings. The Bertz CT molecular complexity index is 895. The number of allylic oxidation sites excluding steroid dienone is 1. The third-order valence-electron chi connectivity index (χ3n) is 3.39. The molecule has 1 heterocycles. The molecule has 0 radical (unpaired) electrons. The van der Waals surface area contributed by atoms with Gasteiger partial charge in [-0.2, -0.15) is 4.57 Å². The first-order valence-electron chi connectivity index (χ1n) is 7.34. The van der Waals surface area contributed by atoms with Gasteiger partial charge in [-0.15, -0.1) is 0 Å². The molecule has 126 valence electrons. The second-order valence-corrected chi connectivity index (χ2v) is 5.62. The summed E-state index contributed by atoms with van der Waals surface area (Å²) in [5.41, 5.74) is 1.36. The fourth-order valence-electron chi connectivity index (χ4n) is 2.14. The predicted molar refractivity (Wildman–Crippen MR) is 94.7 cm³/mol. The maximum Gasteiger partial charge on any atom is 0.347 e. The minimum absolute atomic E-state index is 0.159. The molecule has 0 aliphatic carbocycles. The Morgan fingerprint density at radius 1 is 1.24 bits per heavy atom. The van der Waals surface area contributed by atoms with Crippen molar-refractivity contribution in [3.8, 4) is 0 Å². The van der Waals surface area contributed by atoms with Crippen molar-refractivity contribution in [1.82, 2.24) is 0 Å². The zero-order valence-electron chi connectivity index (χ0n) is 13.7. The van der Waals surface area contributed by atoms with Gasteiger partial charge in [0.1, 0.15) is 5.57 Å². The van der Waals surface area contributed by atoms with Gasteiger partial charge in [-0.25, -0.2) is 4.79 Å². The van der Waals surface area contributed by atoms with Gasteiger partial charge in [0.2, 0.25) is 0 Å². The molecule has 2 aromatic rings. The van der Waals surface area contributed by atoms with Crippen LogP contribution in [0.15, 0.2) is 60.4 Å². The molecule has 2 rings (SSSR count). The summed E-state index contributed by atoms with van der Waals surface area (Å²) in [5.74, 6) is 0.937. The van der Waals surface area contributed by atoms with Crippen LogP contribution in [0.4, 0.5) is 0 Å². The van der Waals surface area contributed by atoms with E-state index in [1.165, 1.54) is 13.2 Å². The molecule has 0 amide bonds. The number of nitrogens with zero attached hydrogens (tertiary/aromatic N) is 1. The average molecular weight is 356 g/mol. The SMILES string of the molecule is COC(=O)C(=C=N)/C=C(\C(=O)c1ccc(Cl)cc1)[n+]1cccc(C)c1. The average Bonchev–Trinajstić information content (AvgIpc) is 2.62. The van der Waals surface area contributed by atoms with E-state index in [0.717, 1.165) is 5.56 Å². The lowest BCUT2D eigenvalue weighted by Gasteiger charge is -2.04. The van der Waals surface area contributed by atoms with Gasteiger partial charge in [-0.3, -0.25) is 10.2 Å². The monoisotopic (exact) mass is 355 g/mol. The molecular formula is C19H16ClN2O3+. The smallest absolute Gasteiger partial charge is 0.347 e. The summed E-state index contributed by atoms with van der Waals surface area (Å²) in [5, 5.41) is 7.81. The van der Waals surface area contributed by atoms with Gasteiger partial charge in [-0.05, 0) is 43.1 Å². The van der Waals surface area contributed by atoms with Crippen LogP contribution in [0, 0.1) is 12.3 Å². The van der Waals surface area contributed by atoms with Crippen molar-refractivity contribution in [2.75, 3.05) is 7.11 Å². The van der Waals surface area contributed by atoms with Crippen LogP contribution in [0.25, 0.3) is 5.70 Å².